The van der Waals surface area contributed by atoms with Crippen molar-refractivity contribution < 1.29 is 4.79 Å². The van der Waals surface area contributed by atoms with E-state index in [1.165, 1.54) is 6.33 Å². The van der Waals surface area contributed by atoms with E-state index in [1.807, 2.05) is 13.0 Å². The van der Waals surface area contributed by atoms with Crippen molar-refractivity contribution in [3.63, 3.8) is 0 Å². The first-order chi connectivity index (χ1) is 11.0. The molecular weight excluding hydrogens is 338 g/mol. The zero-order chi connectivity index (χ0) is 16.4. The van der Waals surface area contributed by atoms with Crippen LogP contribution < -0.4 is 10.9 Å². The summed E-state index contributed by atoms with van der Waals surface area (Å²) in [6.07, 6.45) is 1.40. The number of nitrogens with one attached hydrogen (secondary N) is 3. The predicted octanol–water partition coefficient (Wildman–Crippen LogP) is 2.34. The number of hydrogen-bond acceptors (Lipinski definition) is 5. The Balaban J connectivity index is 1.65. The largest absolute Gasteiger partial charge is 0.339 e. The highest BCUT2D eigenvalue weighted by Crippen LogP contribution is 2.20. The number of nitrogens with zero attached hydrogens (tertiary/aromatic N) is 2. The molecule has 118 valence electrons. The summed E-state index contributed by atoms with van der Waals surface area (Å²) < 4.78 is 0. The van der Waals surface area contributed by atoms with Gasteiger partial charge >= 0.3 is 0 Å². The molecule has 2 aromatic heterocycles. The number of rotatable bonds is 4. The molecule has 3 aromatic rings. The number of carbonyl (C=O) groups excluding carboxylic acids is 1. The smallest absolute Gasteiger partial charge is 0.277 e. The molecule has 9 heteroatoms. The normalized spacial score (nSPS) is 10.9. The maximum Gasteiger partial charge on any atom is 0.277 e. The van der Waals surface area contributed by atoms with Crippen molar-refractivity contribution in [2.45, 2.75) is 12.1 Å². The number of halogens is 1. The van der Waals surface area contributed by atoms with Gasteiger partial charge in [0, 0.05) is 10.7 Å². The number of benzene rings is 1. The molecule has 2 heterocycles. The van der Waals surface area contributed by atoms with E-state index in [1.54, 1.807) is 12.1 Å². The van der Waals surface area contributed by atoms with Gasteiger partial charge in [-0.15, -0.1) is 0 Å². The van der Waals surface area contributed by atoms with Crippen molar-refractivity contribution in [1.82, 2.24) is 19.9 Å². The summed E-state index contributed by atoms with van der Waals surface area (Å²) in [6, 6.07) is 5.30. The number of anilines is 1. The van der Waals surface area contributed by atoms with E-state index < -0.39 is 0 Å². The minimum absolute atomic E-state index is 0.102. The highest BCUT2D eigenvalue weighted by Gasteiger charge is 2.09. The van der Waals surface area contributed by atoms with Crippen molar-refractivity contribution in [2.24, 2.45) is 0 Å². The van der Waals surface area contributed by atoms with Crippen LogP contribution >= 0.6 is 23.4 Å². The van der Waals surface area contributed by atoms with Gasteiger partial charge in [0.2, 0.25) is 5.91 Å². The summed E-state index contributed by atoms with van der Waals surface area (Å²) in [7, 11) is 0. The first kappa shape index (κ1) is 15.6. The molecule has 3 rings (SSSR count). The topological polar surface area (TPSA) is 104 Å². The van der Waals surface area contributed by atoms with Crippen LogP contribution in [-0.2, 0) is 4.79 Å². The molecule has 23 heavy (non-hydrogen) atoms. The van der Waals surface area contributed by atoms with Crippen molar-refractivity contribution in [1.29, 1.82) is 0 Å². The summed E-state index contributed by atoms with van der Waals surface area (Å²) in [5.74, 6) is -0.121. The Morgan fingerprint density at radius 1 is 1.43 bits per heavy atom. The second-order valence-corrected chi connectivity index (χ2v) is 6.14. The molecule has 0 radical (unpaired) electrons. The first-order valence-electron chi connectivity index (χ1n) is 6.65. The van der Waals surface area contributed by atoms with E-state index in [-0.39, 0.29) is 17.2 Å². The fourth-order valence-corrected chi connectivity index (χ4v) is 2.73. The minimum atomic E-state index is -0.319. The highest BCUT2D eigenvalue weighted by molar-refractivity contribution is 7.99. The van der Waals surface area contributed by atoms with Gasteiger partial charge < -0.3 is 10.3 Å². The lowest BCUT2D eigenvalue weighted by molar-refractivity contribution is -0.113. The van der Waals surface area contributed by atoms with Crippen molar-refractivity contribution in [2.75, 3.05) is 11.1 Å². The van der Waals surface area contributed by atoms with Crippen molar-refractivity contribution in [3.05, 3.63) is 45.5 Å². The molecule has 0 saturated carbocycles. The lowest BCUT2D eigenvalue weighted by Gasteiger charge is -2.06. The second kappa shape index (κ2) is 6.43. The Hall–Kier alpha value is -2.32. The standard InChI is InChI=1S/C14H12ClN5O2S/c1-7-2-3-8(4-9(7)15)18-10(21)5-23-14-19-12-11(13(22)20-14)16-6-17-12/h2-4,6H,5H2,1H3,(H,18,21)(H2,16,17,19,20,22). The Morgan fingerprint density at radius 2 is 2.26 bits per heavy atom. The van der Waals surface area contributed by atoms with Gasteiger partial charge in [-0.1, -0.05) is 29.4 Å². The van der Waals surface area contributed by atoms with Crippen LogP contribution in [0.1, 0.15) is 5.56 Å². The fraction of sp³-hybridized carbons (Fsp3) is 0.143. The van der Waals surface area contributed by atoms with Crippen LogP contribution in [0.15, 0.2) is 34.5 Å². The number of H-pyrrole nitrogens is 2. The zero-order valence-electron chi connectivity index (χ0n) is 12.0. The number of imidazole rings is 1. The molecule has 0 spiro atoms. The van der Waals surface area contributed by atoms with Crippen LogP contribution in [0.25, 0.3) is 11.2 Å². The molecule has 0 atom stereocenters. The third-order valence-corrected chi connectivity index (χ3v) is 4.35. The molecule has 1 amide bonds. The maximum atomic E-state index is 12.0. The molecule has 7 nitrogen and oxygen atoms in total. The molecule has 0 saturated heterocycles. The van der Waals surface area contributed by atoms with Crippen LogP contribution in [0.5, 0.6) is 0 Å². The number of hydrogen-bond donors (Lipinski definition) is 3. The first-order valence-corrected chi connectivity index (χ1v) is 8.01. The summed E-state index contributed by atoms with van der Waals surface area (Å²) >= 11 is 7.14. The number of amides is 1. The average Bonchev–Trinajstić information content (AvgIpc) is 2.98. The second-order valence-electron chi connectivity index (χ2n) is 4.77. The average molecular weight is 350 g/mol. The van der Waals surface area contributed by atoms with Crippen molar-refractivity contribution in [3.8, 4) is 0 Å². The molecule has 0 aliphatic carbocycles. The molecular formula is C14H12ClN5O2S. The Bertz CT molecular complexity index is 936. The van der Waals surface area contributed by atoms with E-state index in [4.69, 9.17) is 11.6 Å². The number of thioether (sulfide) groups is 1. The molecule has 0 aliphatic heterocycles. The predicted molar refractivity (Wildman–Crippen MR) is 90.1 cm³/mol. The van der Waals surface area contributed by atoms with E-state index in [9.17, 15) is 9.59 Å². The number of carbonyl (C=O) groups is 1. The Morgan fingerprint density at radius 3 is 3.04 bits per heavy atom. The summed E-state index contributed by atoms with van der Waals surface area (Å²) in [5, 5.41) is 3.67. The lowest BCUT2D eigenvalue weighted by atomic mass is 10.2. The van der Waals surface area contributed by atoms with Crippen LogP contribution in [0, 0.1) is 6.92 Å². The molecule has 0 aliphatic rings. The minimum Gasteiger partial charge on any atom is -0.339 e. The maximum absolute atomic E-state index is 12.0. The lowest BCUT2D eigenvalue weighted by Crippen LogP contribution is -2.15. The van der Waals surface area contributed by atoms with Gasteiger partial charge in [0.15, 0.2) is 16.3 Å². The van der Waals surface area contributed by atoms with Gasteiger partial charge in [0.1, 0.15) is 0 Å². The molecule has 0 unspecified atom stereocenters. The van der Waals surface area contributed by atoms with E-state index in [0.29, 0.717) is 27.0 Å². The summed E-state index contributed by atoms with van der Waals surface area (Å²) in [4.78, 5) is 37.1. The SMILES string of the molecule is Cc1ccc(NC(=O)CSc2nc3nc[nH]c3c(=O)[nH]2)cc1Cl. The van der Waals surface area contributed by atoms with Gasteiger partial charge in [-0.2, -0.15) is 0 Å². The van der Waals surface area contributed by atoms with Crippen LogP contribution in [-0.4, -0.2) is 31.6 Å². The monoisotopic (exact) mass is 349 g/mol. The molecule has 3 N–H and O–H groups in total. The number of aromatic nitrogens is 4. The van der Waals surface area contributed by atoms with Crippen LogP contribution in [0.3, 0.4) is 0 Å². The Kier molecular flexibility index (Phi) is 4.35. The molecule has 0 bridgehead atoms. The van der Waals surface area contributed by atoms with Gasteiger partial charge in [0.25, 0.3) is 5.56 Å². The van der Waals surface area contributed by atoms with E-state index >= 15 is 0 Å². The zero-order valence-corrected chi connectivity index (χ0v) is 13.6. The van der Waals surface area contributed by atoms with Gasteiger partial charge in [-0.25, -0.2) is 9.97 Å². The van der Waals surface area contributed by atoms with Crippen molar-refractivity contribution >= 4 is 46.1 Å². The quantitative estimate of drug-likeness (QED) is 0.495. The summed E-state index contributed by atoms with van der Waals surface area (Å²) in [5.41, 5.74) is 1.87. The number of aryl methyl sites for hydroxylation is 1. The molecule has 0 fully saturated rings. The molecule has 1 aromatic carbocycles. The van der Waals surface area contributed by atoms with Crippen LogP contribution in [0.2, 0.25) is 5.02 Å². The highest BCUT2D eigenvalue weighted by atomic mass is 35.5. The fourth-order valence-electron chi connectivity index (χ4n) is 1.89. The summed E-state index contributed by atoms with van der Waals surface area (Å²) in [6.45, 7) is 1.89. The number of fused-ring (bicyclic) bond motifs is 1. The van der Waals surface area contributed by atoms with E-state index in [0.717, 1.165) is 17.3 Å². The van der Waals surface area contributed by atoms with Gasteiger partial charge in [-0.3, -0.25) is 14.6 Å². The van der Waals surface area contributed by atoms with Gasteiger partial charge in [-0.05, 0) is 24.6 Å². The van der Waals surface area contributed by atoms with Gasteiger partial charge in [0.05, 0.1) is 12.1 Å². The third-order valence-electron chi connectivity index (χ3n) is 3.07. The Labute approximate surface area is 139 Å². The van der Waals surface area contributed by atoms with Crippen LogP contribution in [0.4, 0.5) is 5.69 Å². The van der Waals surface area contributed by atoms with E-state index in [2.05, 4.69) is 25.3 Å². The number of aromatic amines is 2. The third kappa shape index (κ3) is 3.54.